The first-order valence-electron chi connectivity index (χ1n) is 10.8. The van der Waals surface area contributed by atoms with E-state index in [4.69, 9.17) is 0 Å². The van der Waals surface area contributed by atoms with Crippen molar-refractivity contribution in [2.45, 2.75) is 51.0 Å². The lowest BCUT2D eigenvalue weighted by Gasteiger charge is -2.12. The molecule has 0 aliphatic heterocycles. The van der Waals surface area contributed by atoms with E-state index in [0.29, 0.717) is 4.90 Å². The van der Waals surface area contributed by atoms with Gasteiger partial charge in [-0.3, -0.25) is 9.11 Å². The molecule has 4 aromatic carbocycles. The van der Waals surface area contributed by atoms with Crippen molar-refractivity contribution in [1.29, 1.82) is 0 Å². The first-order valence-corrected chi connectivity index (χ1v) is 17.3. The van der Waals surface area contributed by atoms with Crippen molar-refractivity contribution in [2.24, 2.45) is 0 Å². The molecule has 0 heterocycles. The molecule has 39 heavy (non-hydrogen) atoms. The molecule has 4 aromatic rings. The molecule has 0 spiro atoms. The lowest BCUT2D eigenvalue weighted by atomic mass is 10.2. The molecule has 204 valence electrons. The number of rotatable bonds is 8. The minimum Gasteiger partial charge on any atom is -0.282 e. The first kappa shape index (κ1) is 29.7. The van der Waals surface area contributed by atoms with Crippen molar-refractivity contribution in [3.63, 3.8) is 0 Å². The molecule has 14 heteroatoms. The third-order valence-corrected chi connectivity index (χ3v) is 11.5. The summed E-state index contributed by atoms with van der Waals surface area (Å²) in [5, 5.41) is 0. The van der Waals surface area contributed by atoms with Crippen LogP contribution in [0.3, 0.4) is 0 Å². The molecule has 0 fully saturated rings. The summed E-state index contributed by atoms with van der Waals surface area (Å²) in [5.74, 6) is 0. The second-order valence-corrected chi connectivity index (χ2v) is 15.7. The molecule has 0 atom stereocenters. The number of hydrogen-bond donors (Lipinski definition) is 3. The summed E-state index contributed by atoms with van der Waals surface area (Å²) in [5.41, 5.74) is 0.127. The van der Waals surface area contributed by atoms with Gasteiger partial charge in [0.25, 0.3) is 20.2 Å². The van der Waals surface area contributed by atoms with E-state index in [2.05, 4.69) is 12.6 Å². The van der Waals surface area contributed by atoms with Gasteiger partial charge in [0, 0.05) is 24.5 Å². The van der Waals surface area contributed by atoms with Crippen LogP contribution in [-0.2, 0) is 30.1 Å². The monoisotopic (exact) mass is 640 g/mol. The van der Waals surface area contributed by atoms with Crippen LogP contribution in [0, 0.1) is 6.92 Å². The lowest BCUT2D eigenvalue weighted by molar-refractivity contribution is 0.479. The third kappa shape index (κ3) is 7.08. The highest BCUT2D eigenvalue weighted by atomic mass is 32.2. The Morgan fingerprint density at radius 2 is 1.03 bits per heavy atom. The molecule has 0 saturated heterocycles. The van der Waals surface area contributed by atoms with Crippen LogP contribution < -0.4 is 0 Å². The number of benzene rings is 4. The van der Waals surface area contributed by atoms with Crippen LogP contribution >= 0.6 is 36.2 Å². The van der Waals surface area contributed by atoms with E-state index in [1.165, 1.54) is 30.8 Å². The van der Waals surface area contributed by atoms with Crippen LogP contribution in [0.5, 0.6) is 0 Å². The summed E-state index contributed by atoms with van der Waals surface area (Å²) >= 11 is 6.81. The molecule has 0 bridgehead atoms. The van der Waals surface area contributed by atoms with Crippen LogP contribution in [0.15, 0.2) is 129 Å². The highest BCUT2D eigenvalue weighted by Crippen LogP contribution is 2.37. The average Bonchev–Trinajstić information content (AvgIpc) is 2.85. The second kappa shape index (κ2) is 11.3. The lowest BCUT2D eigenvalue weighted by Crippen LogP contribution is -2.08. The minimum atomic E-state index is -4.84. The van der Waals surface area contributed by atoms with Gasteiger partial charge in [0.2, 0.25) is 9.84 Å². The fourth-order valence-electron chi connectivity index (χ4n) is 3.46. The Kier molecular flexibility index (Phi) is 8.59. The van der Waals surface area contributed by atoms with E-state index in [9.17, 15) is 34.4 Å². The molecule has 0 aliphatic carbocycles. The fourth-order valence-corrected chi connectivity index (χ4v) is 8.49. The topological polar surface area (TPSA) is 143 Å². The second-order valence-electron chi connectivity index (χ2n) is 8.16. The Hall–Kier alpha value is -2.30. The largest absolute Gasteiger partial charge is 0.295 e. The molecule has 0 aliphatic rings. The van der Waals surface area contributed by atoms with Crippen molar-refractivity contribution in [2.75, 3.05) is 0 Å². The van der Waals surface area contributed by atoms with Gasteiger partial charge >= 0.3 is 0 Å². The maximum Gasteiger partial charge on any atom is 0.295 e. The maximum absolute atomic E-state index is 13.2. The van der Waals surface area contributed by atoms with Crippen LogP contribution in [0.4, 0.5) is 0 Å². The Labute approximate surface area is 240 Å². The summed E-state index contributed by atoms with van der Waals surface area (Å²) in [7, 11) is -14.0. The van der Waals surface area contributed by atoms with Crippen LogP contribution in [0.25, 0.3) is 0 Å². The maximum atomic E-state index is 13.2. The summed E-state index contributed by atoms with van der Waals surface area (Å²) in [6, 6.07) is 21.2. The first-order chi connectivity index (χ1) is 18.1. The van der Waals surface area contributed by atoms with Crippen LogP contribution in [0.1, 0.15) is 5.56 Å². The number of thiol groups is 1. The molecule has 4 rings (SSSR count). The smallest absolute Gasteiger partial charge is 0.282 e. The van der Waals surface area contributed by atoms with E-state index in [1.54, 1.807) is 12.1 Å². The van der Waals surface area contributed by atoms with Crippen molar-refractivity contribution in [3.8, 4) is 0 Å². The van der Waals surface area contributed by atoms with E-state index in [1.807, 2.05) is 36.4 Å². The Morgan fingerprint density at radius 3 is 1.54 bits per heavy atom. The summed E-state index contributed by atoms with van der Waals surface area (Å²) in [4.78, 5) is 1.35. The van der Waals surface area contributed by atoms with Crippen molar-refractivity contribution < 1.29 is 34.4 Å². The SMILES string of the molecule is Cc1ccc(S(=O)(=O)c2ccc(Sc3ccc(Sc4ccc(S)cc4)cc3)c(S(=O)(=O)O)c2)cc1S(=O)(=O)O. The molecular formula is C25H20O8S6. The zero-order valence-electron chi connectivity index (χ0n) is 19.9. The van der Waals surface area contributed by atoms with Crippen LogP contribution in [-0.4, -0.2) is 34.4 Å². The number of hydrogen-bond acceptors (Lipinski definition) is 9. The zero-order valence-corrected chi connectivity index (χ0v) is 24.9. The summed E-state index contributed by atoms with van der Waals surface area (Å²) in [6.07, 6.45) is 0. The highest BCUT2D eigenvalue weighted by Gasteiger charge is 2.26. The molecule has 2 N–H and O–H groups in total. The summed E-state index contributed by atoms with van der Waals surface area (Å²) in [6.45, 7) is 1.38. The van der Waals surface area contributed by atoms with E-state index >= 15 is 0 Å². The van der Waals surface area contributed by atoms with Gasteiger partial charge < -0.3 is 0 Å². The van der Waals surface area contributed by atoms with Gasteiger partial charge in [0.1, 0.15) is 4.90 Å². The van der Waals surface area contributed by atoms with E-state index in [0.717, 1.165) is 50.7 Å². The van der Waals surface area contributed by atoms with Crippen molar-refractivity contribution >= 4 is 66.2 Å². The standard InChI is InChI=1S/C25H20O8S6/c1-16-2-11-21(14-24(16)38(28,29)30)37(26,27)22-12-13-23(25(15-22)39(31,32)33)36-20-9-7-19(8-10-20)35-18-5-3-17(34)4-6-18/h2-15,34H,1H3,(H,28,29,30)(H,31,32,33). The Balaban J connectivity index is 1.66. The summed E-state index contributed by atoms with van der Waals surface area (Å²) < 4.78 is 93.4. The van der Waals surface area contributed by atoms with Crippen molar-refractivity contribution in [3.05, 3.63) is 90.5 Å². The predicted molar refractivity (Wildman–Crippen MR) is 151 cm³/mol. The van der Waals surface area contributed by atoms with Gasteiger partial charge in [-0.15, -0.1) is 12.6 Å². The number of sulfone groups is 1. The van der Waals surface area contributed by atoms with Gasteiger partial charge in [-0.2, -0.15) is 16.8 Å². The Morgan fingerprint density at radius 1 is 0.590 bits per heavy atom. The van der Waals surface area contributed by atoms with E-state index < -0.39 is 49.7 Å². The van der Waals surface area contributed by atoms with Crippen molar-refractivity contribution in [1.82, 2.24) is 0 Å². The molecule has 0 unspecified atom stereocenters. The molecule has 0 amide bonds. The van der Waals surface area contributed by atoms with Gasteiger partial charge in [-0.05, 0) is 91.3 Å². The third-order valence-electron chi connectivity index (χ3n) is 5.38. The van der Waals surface area contributed by atoms with Gasteiger partial charge in [0.05, 0.1) is 14.7 Å². The molecular weight excluding hydrogens is 621 g/mol. The van der Waals surface area contributed by atoms with Crippen LogP contribution in [0.2, 0.25) is 0 Å². The molecule has 8 nitrogen and oxygen atoms in total. The zero-order chi connectivity index (χ0) is 28.6. The van der Waals surface area contributed by atoms with Gasteiger partial charge in [-0.25, -0.2) is 8.42 Å². The average molecular weight is 641 g/mol. The molecule has 0 radical (unpaired) electrons. The quantitative estimate of drug-likeness (QED) is 0.157. The highest BCUT2D eigenvalue weighted by molar-refractivity contribution is 8.00. The fraction of sp³-hybridized carbons (Fsp3) is 0.0400. The predicted octanol–water partition coefficient (Wildman–Crippen LogP) is 5.91. The normalized spacial score (nSPS) is 12.4. The Bertz CT molecular complexity index is 1870. The van der Waals surface area contributed by atoms with Gasteiger partial charge in [0.15, 0.2) is 0 Å². The van der Waals surface area contributed by atoms with Gasteiger partial charge in [-0.1, -0.05) is 29.6 Å². The number of aryl methyl sites for hydroxylation is 1. The molecule has 0 saturated carbocycles. The minimum absolute atomic E-state index is 0.0868. The van der Waals surface area contributed by atoms with E-state index in [-0.39, 0.29) is 10.5 Å². The molecule has 0 aromatic heterocycles.